The molecule has 0 unspecified atom stereocenters. The van der Waals surface area contributed by atoms with E-state index in [1.165, 1.54) is 5.56 Å². The zero-order chi connectivity index (χ0) is 11.8. The van der Waals surface area contributed by atoms with Gasteiger partial charge >= 0.3 is 0 Å². The minimum Gasteiger partial charge on any atom is -0.396 e. The van der Waals surface area contributed by atoms with Crippen LogP contribution in [0.1, 0.15) is 23.2 Å². The number of hydrogen-bond acceptors (Lipinski definition) is 4. The minimum absolute atomic E-state index is 0.550. The second-order valence-corrected chi connectivity index (χ2v) is 4.15. The van der Waals surface area contributed by atoms with Crippen LogP contribution in [0.3, 0.4) is 0 Å². The molecule has 0 aromatic carbocycles. The molecule has 0 atom stereocenters. The highest BCUT2D eigenvalue weighted by molar-refractivity contribution is 5.49. The van der Waals surface area contributed by atoms with Gasteiger partial charge in [-0.3, -0.25) is 0 Å². The van der Waals surface area contributed by atoms with Crippen molar-refractivity contribution in [2.75, 3.05) is 5.73 Å². The molecule has 1 aliphatic rings. The normalized spacial score (nSPS) is 13.4. The summed E-state index contributed by atoms with van der Waals surface area (Å²) in [4.78, 5) is 4.53. The Morgan fingerprint density at radius 3 is 3.00 bits per heavy atom. The number of nitrogens with two attached hydrogens (primary N) is 1. The molecule has 0 radical (unpaired) electrons. The Morgan fingerprint density at radius 1 is 1.41 bits per heavy atom. The van der Waals surface area contributed by atoms with Gasteiger partial charge in [-0.15, -0.1) is 0 Å². The summed E-state index contributed by atoms with van der Waals surface area (Å²) in [6.45, 7) is 0. The number of nitrogens with zero attached hydrogens (tertiary/aromatic N) is 4. The fourth-order valence-electron chi connectivity index (χ4n) is 2.17. The summed E-state index contributed by atoms with van der Waals surface area (Å²) in [6.07, 6.45) is 6.32. The van der Waals surface area contributed by atoms with E-state index in [2.05, 4.69) is 16.2 Å². The second-order valence-electron chi connectivity index (χ2n) is 4.15. The zero-order valence-electron chi connectivity index (χ0n) is 9.22. The van der Waals surface area contributed by atoms with Crippen molar-refractivity contribution in [3.63, 3.8) is 0 Å². The Hall–Kier alpha value is -2.35. The van der Waals surface area contributed by atoms with Gasteiger partial charge in [0.05, 0.1) is 23.6 Å². The van der Waals surface area contributed by atoms with E-state index in [0.717, 1.165) is 25.0 Å². The predicted octanol–water partition coefficient (Wildman–Crippen LogP) is 1.21. The van der Waals surface area contributed by atoms with Crippen molar-refractivity contribution in [2.24, 2.45) is 0 Å². The van der Waals surface area contributed by atoms with Gasteiger partial charge in [-0.25, -0.2) is 9.67 Å². The van der Waals surface area contributed by atoms with Crippen molar-refractivity contribution in [1.82, 2.24) is 14.8 Å². The lowest BCUT2D eigenvalue weighted by molar-refractivity contribution is 0.828. The third kappa shape index (κ3) is 1.54. The van der Waals surface area contributed by atoms with Gasteiger partial charge in [-0.05, 0) is 30.9 Å². The van der Waals surface area contributed by atoms with Gasteiger partial charge in [0.2, 0.25) is 0 Å². The smallest absolute Gasteiger partial charge is 0.171 e. The molecule has 84 valence electrons. The van der Waals surface area contributed by atoms with Crippen LogP contribution in [-0.2, 0) is 12.8 Å². The molecule has 0 fully saturated rings. The van der Waals surface area contributed by atoms with Gasteiger partial charge < -0.3 is 5.73 Å². The molecule has 0 spiro atoms. The van der Waals surface area contributed by atoms with Crippen LogP contribution < -0.4 is 5.73 Å². The molecule has 2 aromatic heterocycles. The van der Waals surface area contributed by atoms with Crippen LogP contribution in [0, 0.1) is 11.3 Å². The van der Waals surface area contributed by atoms with Crippen LogP contribution >= 0.6 is 0 Å². The standard InChI is InChI=1S/C12H11N5/c13-5-9-4-8-2-1-3-11(8)16-12(9)17-7-10(14)6-15-17/h4,6-7H,1-3,14H2. The lowest BCUT2D eigenvalue weighted by Gasteiger charge is -2.06. The van der Waals surface area contributed by atoms with Gasteiger partial charge in [0, 0.05) is 5.69 Å². The first-order valence-electron chi connectivity index (χ1n) is 5.51. The van der Waals surface area contributed by atoms with E-state index in [1.807, 2.05) is 6.07 Å². The topological polar surface area (TPSA) is 80.5 Å². The number of aromatic nitrogens is 3. The fraction of sp³-hybridized carbons (Fsp3) is 0.250. The number of fused-ring (bicyclic) bond motifs is 1. The van der Waals surface area contributed by atoms with Crippen LogP contribution in [0.2, 0.25) is 0 Å². The number of aryl methyl sites for hydroxylation is 2. The van der Waals surface area contributed by atoms with E-state index in [-0.39, 0.29) is 0 Å². The average Bonchev–Trinajstić information content (AvgIpc) is 2.94. The summed E-state index contributed by atoms with van der Waals surface area (Å²) < 4.78 is 1.56. The molecular weight excluding hydrogens is 214 g/mol. The van der Waals surface area contributed by atoms with Crippen molar-refractivity contribution < 1.29 is 0 Å². The summed E-state index contributed by atoms with van der Waals surface area (Å²) in [5.74, 6) is 0.574. The predicted molar refractivity (Wildman–Crippen MR) is 62.5 cm³/mol. The summed E-state index contributed by atoms with van der Waals surface area (Å²) in [7, 11) is 0. The highest BCUT2D eigenvalue weighted by Gasteiger charge is 2.17. The van der Waals surface area contributed by atoms with Crippen LogP contribution in [0.5, 0.6) is 0 Å². The van der Waals surface area contributed by atoms with Crippen molar-refractivity contribution >= 4 is 5.69 Å². The van der Waals surface area contributed by atoms with Crippen LogP contribution in [0.15, 0.2) is 18.5 Å². The van der Waals surface area contributed by atoms with Gasteiger partial charge in [0.1, 0.15) is 6.07 Å². The van der Waals surface area contributed by atoms with E-state index in [0.29, 0.717) is 17.1 Å². The summed E-state index contributed by atoms with van der Waals surface area (Å²) in [5.41, 5.74) is 9.00. The molecule has 2 aromatic rings. The second kappa shape index (κ2) is 3.59. The number of pyridine rings is 1. The highest BCUT2D eigenvalue weighted by atomic mass is 15.3. The molecule has 17 heavy (non-hydrogen) atoms. The first-order valence-corrected chi connectivity index (χ1v) is 5.51. The lowest BCUT2D eigenvalue weighted by atomic mass is 10.1. The summed E-state index contributed by atoms with van der Waals surface area (Å²) >= 11 is 0. The number of nitrogen functional groups attached to an aromatic ring is 1. The third-order valence-corrected chi connectivity index (χ3v) is 2.97. The molecule has 0 bridgehead atoms. The van der Waals surface area contributed by atoms with E-state index in [4.69, 9.17) is 11.0 Å². The highest BCUT2D eigenvalue weighted by Crippen LogP contribution is 2.24. The van der Waals surface area contributed by atoms with Crippen molar-refractivity contribution in [1.29, 1.82) is 5.26 Å². The maximum absolute atomic E-state index is 9.16. The van der Waals surface area contributed by atoms with E-state index < -0.39 is 0 Å². The first kappa shape index (κ1) is 9.85. The number of hydrogen-bond donors (Lipinski definition) is 1. The molecule has 0 saturated heterocycles. The van der Waals surface area contributed by atoms with Crippen LogP contribution in [0.4, 0.5) is 5.69 Å². The maximum atomic E-state index is 9.16. The summed E-state index contributed by atoms with van der Waals surface area (Å²) in [6, 6.07) is 4.09. The molecule has 5 nitrogen and oxygen atoms in total. The average molecular weight is 225 g/mol. The van der Waals surface area contributed by atoms with E-state index in [9.17, 15) is 0 Å². The van der Waals surface area contributed by atoms with Gasteiger partial charge in [-0.1, -0.05) is 0 Å². The van der Waals surface area contributed by atoms with Crippen molar-refractivity contribution in [3.05, 3.63) is 35.3 Å². The van der Waals surface area contributed by atoms with Crippen molar-refractivity contribution in [3.8, 4) is 11.9 Å². The molecule has 3 rings (SSSR count). The molecule has 0 saturated carbocycles. The Labute approximate surface area is 98.5 Å². The number of rotatable bonds is 1. The van der Waals surface area contributed by atoms with E-state index >= 15 is 0 Å². The van der Waals surface area contributed by atoms with Crippen LogP contribution in [-0.4, -0.2) is 14.8 Å². The summed E-state index contributed by atoms with van der Waals surface area (Å²) in [5, 5.41) is 13.3. The molecule has 5 heteroatoms. The van der Waals surface area contributed by atoms with Crippen molar-refractivity contribution in [2.45, 2.75) is 19.3 Å². The van der Waals surface area contributed by atoms with E-state index in [1.54, 1.807) is 17.1 Å². The van der Waals surface area contributed by atoms with Gasteiger partial charge in [0.15, 0.2) is 5.82 Å². The quantitative estimate of drug-likeness (QED) is 0.791. The number of nitriles is 1. The molecule has 2 heterocycles. The van der Waals surface area contributed by atoms with Crippen LogP contribution in [0.25, 0.3) is 5.82 Å². The molecule has 2 N–H and O–H groups in total. The Kier molecular flexibility index (Phi) is 2.08. The molecule has 1 aliphatic carbocycles. The van der Waals surface area contributed by atoms with Gasteiger partial charge in [0.25, 0.3) is 0 Å². The lowest BCUT2D eigenvalue weighted by Crippen LogP contribution is -2.04. The molecule has 0 amide bonds. The monoisotopic (exact) mass is 225 g/mol. The first-order chi connectivity index (χ1) is 8.28. The number of anilines is 1. The third-order valence-electron chi connectivity index (χ3n) is 2.97. The minimum atomic E-state index is 0.550. The maximum Gasteiger partial charge on any atom is 0.171 e. The fourth-order valence-corrected chi connectivity index (χ4v) is 2.17. The molecular formula is C12H11N5. The largest absolute Gasteiger partial charge is 0.396 e. The Morgan fingerprint density at radius 2 is 2.29 bits per heavy atom. The Bertz CT molecular complexity index is 620. The SMILES string of the molecule is N#Cc1cc2c(nc1-n1cc(N)cn1)CCC2. The van der Waals surface area contributed by atoms with Gasteiger partial charge in [-0.2, -0.15) is 10.4 Å². The molecule has 0 aliphatic heterocycles. The zero-order valence-corrected chi connectivity index (χ0v) is 9.22. The Balaban J connectivity index is 2.19.